The van der Waals surface area contributed by atoms with Crippen molar-refractivity contribution in [3.05, 3.63) is 183 Å². The topological polar surface area (TPSA) is 59.9 Å². The standard InChI is InChI=1S/C40H30N2O2P2/c43-45(33-13-5-1-6-14-33,34-15-7-2-8-16-34)39-30-40(46(44,35-17-9-3-10-18-35)36-19-11-4-12-20-36)38(32-23-27-42-28-24-32)29-37(39)31-21-25-41-26-22-31/h1-30H. The number of rotatable bonds is 8. The van der Waals surface area contributed by atoms with Crippen molar-refractivity contribution in [1.82, 2.24) is 9.97 Å². The van der Waals surface area contributed by atoms with E-state index in [0.29, 0.717) is 31.8 Å². The summed E-state index contributed by atoms with van der Waals surface area (Å²) in [4.78, 5) is 8.55. The van der Waals surface area contributed by atoms with Gasteiger partial charge in [-0.2, -0.15) is 0 Å². The fraction of sp³-hybridized carbons (Fsp3) is 0. The summed E-state index contributed by atoms with van der Waals surface area (Å²) in [5.74, 6) is 0. The summed E-state index contributed by atoms with van der Waals surface area (Å²) in [7, 11) is -7.05. The van der Waals surface area contributed by atoms with Crippen LogP contribution in [0.3, 0.4) is 0 Å². The fourth-order valence-corrected chi connectivity index (χ4v) is 11.9. The van der Waals surface area contributed by atoms with Gasteiger partial charge < -0.3 is 9.13 Å². The van der Waals surface area contributed by atoms with Crippen LogP contribution in [0.4, 0.5) is 0 Å². The van der Waals surface area contributed by atoms with E-state index in [1.165, 1.54) is 0 Å². The largest absolute Gasteiger partial charge is 0.309 e. The first-order valence-electron chi connectivity index (χ1n) is 15.0. The van der Waals surface area contributed by atoms with Crippen LogP contribution < -0.4 is 31.8 Å². The summed E-state index contributed by atoms with van der Waals surface area (Å²) < 4.78 is 32.2. The highest BCUT2D eigenvalue weighted by molar-refractivity contribution is 7.87. The van der Waals surface area contributed by atoms with Gasteiger partial charge in [-0.1, -0.05) is 121 Å². The molecular formula is C40H30N2O2P2. The Kier molecular flexibility index (Phi) is 8.16. The molecule has 4 nitrogen and oxygen atoms in total. The van der Waals surface area contributed by atoms with Crippen LogP contribution in [-0.4, -0.2) is 9.97 Å². The molecule has 222 valence electrons. The van der Waals surface area contributed by atoms with Crippen molar-refractivity contribution >= 4 is 46.1 Å². The second-order valence-electron chi connectivity index (χ2n) is 10.9. The number of nitrogens with zero attached hydrogens (tertiary/aromatic N) is 2. The van der Waals surface area contributed by atoms with Crippen molar-refractivity contribution in [3.8, 4) is 22.3 Å². The van der Waals surface area contributed by atoms with Gasteiger partial charge in [-0.15, -0.1) is 0 Å². The predicted molar refractivity (Wildman–Crippen MR) is 192 cm³/mol. The lowest BCUT2D eigenvalue weighted by Gasteiger charge is -2.28. The lowest BCUT2D eigenvalue weighted by Crippen LogP contribution is -2.32. The molecule has 46 heavy (non-hydrogen) atoms. The van der Waals surface area contributed by atoms with Crippen LogP contribution in [-0.2, 0) is 9.13 Å². The van der Waals surface area contributed by atoms with Crippen LogP contribution in [0.5, 0.6) is 0 Å². The van der Waals surface area contributed by atoms with Gasteiger partial charge in [0.25, 0.3) is 0 Å². The van der Waals surface area contributed by atoms with Crippen LogP contribution in [0.25, 0.3) is 22.3 Å². The minimum absolute atomic E-state index is 0.621. The van der Waals surface area contributed by atoms with Gasteiger partial charge in [0.2, 0.25) is 0 Å². The van der Waals surface area contributed by atoms with Crippen molar-refractivity contribution in [2.24, 2.45) is 0 Å². The van der Waals surface area contributed by atoms with Crippen LogP contribution >= 0.6 is 14.3 Å². The zero-order chi connectivity index (χ0) is 31.4. The Bertz CT molecular complexity index is 1940. The number of hydrogen-bond acceptors (Lipinski definition) is 4. The maximum atomic E-state index is 16.1. The highest BCUT2D eigenvalue weighted by atomic mass is 31.2. The van der Waals surface area contributed by atoms with E-state index in [-0.39, 0.29) is 0 Å². The van der Waals surface area contributed by atoms with Gasteiger partial charge in [-0.3, -0.25) is 9.97 Å². The molecule has 0 saturated heterocycles. The second kappa shape index (κ2) is 12.7. The molecule has 2 heterocycles. The number of pyridine rings is 2. The molecule has 5 aromatic carbocycles. The van der Waals surface area contributed by atoms with E-state index < -0.39 is 14.3 Å². The van der Waals surface area contributed by atoms with Gasteiger partial charge in [-0.25, -0.2) is 0 Å². The molecule has 0 aliphatic heterocycles. The molecule has 0 fully saturated rings. The Morgan fingerprint density at radius 1 is 0.348 bits per heavy atom. The fourth-order valence-electron chi connectivity index (χ4n) is 6.03. The average Bonchev–Trinajstić information content (AvgIpc) is 3.16. The normalized spacial score (nSPS) is 11.7. The van der Waals surface area contributed by atoms with Gasteiger partial charge in [0, 0.05) is 56.6 Å². The van der Waals surface area contributed by atoms with E-state index in [1.54, 1.807) is 24.8 Å². The first kappa shape index (κ1) is 29.6. The van der Waals surface area contributed by atoms with Gasteiger partial charge in [0.05, 0.1) is 0 Å². The summed E-state index contributed by atoms with van der Waals surface area (Å²) in [5, 5.41) is 4.05. The molecular weight excluding hydrogens is 602 g/mol. The van der Waals surface area contributed by atoms with Crippen molar-refractivity contribution < 1.29 is 9.13 Å². The molecule has 0 unspecified atom stereocenters. The number of benzene rings is 5. The molecule has 0 saturated carbocycles. The van der Waals surface area contributed by atoms with Crippen molar-refractivity contribution in [3.63, 3.8) is 0 Å². The highest BCUT2D eigenvalue weighted by Gasteiger charge is 2.38. The van der Waals surface area contributed by atoms with E-state index in [4.69, 9.17) is 0 Å². The van der Waals surface area contributed by atoms with Crippen molar-refractivity contribution in [2.45, 2.75) is 0 Å². The number of aromatic nitrogens is 2. The minimum atomic E-state index is -3.52. The van der Waals surface area contributed by atoms with Crippen LogP contribution in [0.15, 0.2) is 183 Å². The molecule has 6 heteroatoms. The zero-order valence-electron chi connectivity index (χ0n) is 24.9. The van der Waals surface area contributed by atoms with E-state index >= 15 is 9.13 Å². The van der Waals surface area contributed by atoms with E-state index in [1.807, 2.05) is 152 Å². The predicted octanol–water partition coefficient (Wildman–Crippen LogP) is 7.09. The Morgan fingerprint density at radius 2 is 0.630 bits per heavy atom. The molecule has 7 rings (SSSR count). The summed E-state index contributed by atoms with van der Waals surface area (Å²) in [6.45, 7) is 0. The first-order valence-corrected chi connectivity index (χ1v) is 18.4. The Morgan fingerprint density at radius 3 is 0.913 bits per heavy atom. The molecule has 0 amide bonds. The van der Waals surface area contributed by atoms with Crippen LogP contribution in [0.1, 0.15) is 0 Å². The summed E-state index contributed by atoms with van der Waals surface area (Å²) >= 11 is 0. The molecule has 0 N–H and O–H groups in total. The van der Waals surface area contributed by atoms with Crippen LogP contribution in [0.2, 0.25) is 0 Å². The molecule has 0 bridgehead atoms. The Hall–Kier alpha value is -5.14. The Balaban J connectivity index is 1.68. The van der Waals surface area contributed by atoms with Gasteiger partial charge in [0.15, 0.2) is 14.3 Å². The third-order valence-electron chi connectivity index (χ3n) is 8.25. The minimum Gasteiger partial charge on any atom is -0.309 e. The summed E-state index contributed by atoms with van der Waals surface area (Å²) in [5.41, 5.74) is 3.32. The lowest BCUT2D eigenvalue weighted by molar-refractivity contribution is 0.592. The summed E-state index contributed by atoms with van der Waals surface area (Å²) in [6, 6.07) is 50.2. The van der Waals surface area contributed by atoms with E-state index in [2.05, 4.69) is 16.0 Å². The summed E-state index contributed by atoms with van der Waals surface area (Å²) in [6.07, 6.45) is 6.98. The smallest absolute Gasteiger partial charge is 0.171 e. The molecule has 0 aliphatic carbocycles. The van der Waals surface area contributed by atoms with Crippen molar-refractivity contribution in [2.75, 3.05) is 0 Å². The van der Waals surface area contributed by atoms with Gasteiger partial charge in [-0.05, 0) is 58.7 Å². The second-order valence-corrected chi connectivity index (χ2v) is 16.4. The van der Waals surface area contributed by atoms with E-state index in [9.17, 15) is 0 Å². The van der Waals surface area contributed by atoms with Gasteiger partial charge in [0.1, 0.15) is 0 Å². The SMILES string of the molecule is O=P(c1ccccc1)(c1ccccc1)c1cc(P(=O)(c2ccccc2)c2ccccc2)c(-c2ccncc2)cc1-c1ccncc1. The van der Waals surface area contributed by atoms with Crippen molar-refractivity contribution in [1.29, 1.82) is 0 Å². The lowest BCUT2D eigenvalue weighted by atomic mass is 10.00. The quantitative estimate of drug-likeness (QED) is 0.168. The Labute approximate surface area is 269 Å². The molecule has 0 spiro atoms. The molecule has 0 atom stereocenters. The number of hydrogen-bond donors (Lipinski definition) is 0. The third-order valence-corrected chi connectivity index (χ3v) is 14.5. The van der Waals surface area contributed by atoms with Gasteiger partial charge >= 0.3 is 0 Å². The first-order chi connectivity index (χ1) is 22.6. The molecule has 2 aromatic heterocycles. The van der Waals surface area contributed by atoms with Crippen LogP contribution in [0, 0.1) is 0 Å². The maximum absolute atomic E-state index is 16.1. The van der Waals surface area contributed by atoms with E-state index in [0.717, 1.165) is 22.3 Å². The molecule has 7 aromatic rings. The molecule has 0 aliphatic rings. The average molecular weight is 633 g/mol. The zero-order valence-corrected chi connectivity index (χ0v) is 26.7. The third kappa shape index (κ3) is 5.26. The highest BCUT2D eigenvalue weighted by Crippen LogP contribution is 2.50. The maximum Gasteiger partial charge on any atom is 0.171 e. The monoisotopic (exact) mass is 632 g/mol. The molecule has 0 radical (unpaired) electrons.